The fourth-order valence-electron chi connectivity index (χ4n) is 3.17. The predicted octanol–water partition coefficient (Wildman–Crippen LogP) is 3.78. The molecular formula is C23H18FN5O2S. The van der Waals surface area contributed by atoms with Gasteiger partial charge >= 0.3 is 0 Å². The third-order valence-corrected chi connectivity index (χ3v) is 5.19. The number of halogens is 1. The zero-order valence-electron chi connectivity index (χ0n) is 16.8. The summed E-state index contributed by atoms with van der Waals surface area (Å²) in [4.78, 5) is 32.4. The van der Waals surface area contributed by atoms with Crippen LogP contribution in [-0.4, -0.2) is 26.4 Å². The Morgan fingerprint density at radius 2 is 1.75 bits per heavy atom. The molecule has 2 heterocycles. The van der Waals surface area contributed by atoms with Gasteiger partial charge in [-0.3, -0.25) is 19.5 Å². The number of carbonyl (C=O) groups excluding carboxylic acids is 2. The van der Waals surface area contributed by atoms with E-state index >= 15 is 0 Å². The van der Waals surface area contributed by atoms with Crippen LogP contribution < -0.4 is 10.2 Å². The summed E-state index contributed by atoms with van der Waals surface area (Å²) in [6.45, 7) is 0.271. The molecule has 0 aliphatic carbocycles. The molecule has 32 heavy (non-hydrogen) atoms. The topological polar surface area (TPSA) is 88.1 Å². The quantitative estimate of drug-likeness (QED) is 0.466. The molecule has 0 radical (unpaired) electrons. The van der Waals surface area contributed by atoms with Crippen molar-refractivity contribution in [3.63, 3.8) is 0 Å². The molecule has 1 atom stereocenters. The highest BCUT2D eigenvalue weighted by molar-refractivity contribution is 7.03. The van der Waals surface area contributed by atoms with Gasteiger partial charge in [-0.25, -0.2) is 4.39 Å². The molecule has 0 saturated carbocycles. The highest BCUT2D eigenvalue weighted by Gasteiger charge is 2.35. The van der Waals surface area contributed by atoms with E-state index in [1.165, 1.54) is 34.5 Å². The first-order valence-corrected chi connectivity index (χ1v) is 10.6. The van der Waals surface area contributed by atoms with Crippen LogP contribution >= 0.6 is 11.5 Å². The number of nitrogens with zero attached hydrogens (tertiary/aromatic N) is 4. The van der Waals surface area contributed by atoms with Crippen LogP contribution in [0.4, 0.5) is 10.1 Å². The summed E-state index contributed by atoms with van der Waals surface area (Å²) in [5, 5.41) is 8.24. The van der Waals surface area contributed by atoms with Gasteiger partial charge in [0.05, 0.1) is 5.69 Å². The molecule has 0 bridgehead atoms. The number of anilines is 1. The number of aromatic nitrogens is 3. The maximum absolute atomic E-state index is 13.6. The van der Waals surface area contributed by atoms with Gasteiger partial charge in [-0.2, -0.15) is 0 Å². The standard InChI is InChI=1S/C23H18FN5O2S/c24-17-9-11-18(12-10-17)29(23(31)20-15-32-28-27-20)21(19-8-4-5-13-25-19)22(30)26-14-16-6-2-1-3-7-16/h1-13,15,21H,14H2,(H,26,30)/t21-/m1/s1. The number of amides is 2. The Morgan fingerprint density at radius 3 is 2.41 bits per heavy atom. The third kappa shape index (κ3) is 4.84. The first-order valence-electron chi connectivity index (χ1n) is 9.72. The van der Waals surface area contributed by atoms with Crippen LogP contribution in [0.2, 0.25) is 0 Å². The van der Waals surface area contributed by atoms with E-state index in [0.29, 0.717) is 11.4 Å². The van der Waals surface area contributed by atoms with Crippen LogP contribution in [0.1, 0.15) is 27.8 Å². The van der Waals surface area contributed by atoms with Crippen LogP contribution in [0.15, 0.2) is 84.4 Å². The van der Waals surface area contributed by atoms with E-state index in [2.05, 4.69) is 19.9 Å². The van der Waals surface area contributed by atoms with E-state index in [9.17, 15) is 14.0 Å². The lowest BCUT2D eigenvalue weighted by Crippen LogP contribution is -2.44. The second-order valence-corrected chi connectivity index (χ2v) is 7.41. The third-order valence-electron chi connectivity index (χ3n) is 4.69. The normalized spacial score (nSPS) is 11.5. The van der Waals surface area contributed by atoms with Crippen LogP contribution in [-0.2, 0) is 11.3 Å². The molecule has 160 valence electrons. The molecule has 1 N–H and O–H groups in total. The molecule has 0 fully saturated rings. The van der Waals surface area contributed by atoms with E-state index in [0.717, 1.165) is 17.1 Å². The average Bonchev–Trinajstić information content (AvgIpc) is 3.38. The number of hydrogen-bond donors (Lipinski definition) is 1. The minimum Gasteiger partial charge on any atom is -0.350 e. The second kappa shape index (κ2) is 9.88. The molecule has 0 aliphatic heterocycles. The monoisotopic (exact) mass is 447 g/mol. The van der Waals surface area contributed by atoms with Gasteiger partial charge in [-0.05, 0) is 53.5 Å². The molecule has 4 rings (SSSR count). The van der Waals surface area contributed by atoms with Gasteiger partial charge in [0, 0.05) is 23.8 Å². The molecular weight excluding hydrogens is 429 g/mol. The molecule has 7 nitrogen and oxygen atoms in total. The van der Waals surface area contributed by atoms with Gasteiger partial charge in [0.15, 0.2) is 11.7 Å². The van der Waals surface area contributed by atoms with E-state index in [1.54, 1.807) is 24.4 Å². The fourth-order valence-corrected chi connectivity index (χ4v) is 3.60. The predicted molar refractivity (Wildman–Crippen MR) is 118 cm³/mol. The van der Waals surface area contributed by atoms with Gasteiger partial charge in [-0.15, -0.1) is 5.10 Å². The van der Waals surface area contributed by atoms with Crippen molar-refractivity contribution in [2.45, 2.75) is 12.6 Å². The van der Waals surface area contributed by atoms with E-state index < -0.39 is 23.7 Å². The zero-order chi connectivity index (χ0) is 22.3. The van der Waals surface area contributed by atoms with E-state index in [4.69, 9.17) is 0 Å². The number of benzene rings is 2. The van der Waals surface area contributed by atoms with Crippen molar-refractivity contribution in [2.24, 2.45) is 0 Å². The molecule has 2 amide bonds. The summed E-state index contributed by atoms with van der Waals surface area (Å²) < 4.78 is 17.4. The Kier molecular flexibility index (Phi) is 6.57. The minimum atomic E-state index is -1.11. The summed E-state index contributed by atoms with van der Waals surface area (Å²) in [7, 11) is 0. The van der Waals surface area contributed by atoms with Crippen molar-refractivity contribution in [3.8, 4) is 0 Å². The van der Waals surface area contributed by atoms with Crippen molar-refractivity contribution < 1.29 is 14.0 Å². The van der Waals surface area contributed by atoms with Crippen molar-refractivity contribution >= 4 is 29.0 Å². The smallest absolute Gasteiger partial charge is 0.280 e. The molecule has 4 aromatic rings. The largest absolute Gasteiger partial charge is 0.350 e. The SMILES string of the molecule is O=C(NCc1ccccc1)[C@@H](c1ccccn1)N(C(=O)c1csnn1)c1ccc(F)cc1. The summed E-state index contributed by atoms with van der Waals surface area (Å²) >= 11 is 1.02. The molecule has 9 heteroatoms. The first-order chi connectivity index (χ1) is 15.6. The Balaban J connectivity index is 1.75. The lowest BCUT2D eigenvalue weighted by atomic mass is 10.1. The maximum Gasteiger partial charge on any atom is 0.280 e. The highest BCUT2D eigenvalue weighted by Crippen LogP contribution is 2.29. The van der Waals surface area contributed by atoms with Gasteiger partial charge in [0.25, 0.3) is 5.91 Å². The molecule has 0 aliphatic rings. The van der Waals surface area contributed by atoms with E-state index in [1.807, 2.05) is 30.3 Å². The van der Waals surface area contributed by atoms with Crippen LogP contribution in [0.25, 0.3) is 0 Å². The highest BCUT2D eigenvalue weighted by atomic mass is 32.1. The number of carbonyl (C=O) groups is 2. The van der Waals surface area contributed by atoms with Crippen LogP contribution in [0, 0.1) is 5.82 Å². The minimum absolute atomic E-state index is 0.0797. The van der Waals surface area contributed by atoms with Crippen molar-refractivity contribution in [1.82, 2.24) is 19.9 Å². The summed E-state index contributed by atoms with van der Waals surface area (Å²) in [6.07, 6.45) is 1.55. The number of rotatable bonds is 7. The Labute approximate surface area is 187 Å². The molecule has 0 unspecified atom stereocenters. The van der Waals surface area contributed by atoms with Crippen LogP contribution in [0.5, 0.6) is 0 Å². The first kappa shape index (κ1) is 21.3. The molecule has 0 spiro atoms. The zero-order valence-corrected chi connectivity index (χ0v) is 17.6. The fraction of sp³-hybridized carbons (Fsp3) is 0.0870. The van der Waals surface area contributed by atoms with Gasteiger partial charge in [0.1, 0.15) is 5.82 Å². The Morgan fingerprint density at radius 1 is 1.00 bits per heavy atom. The van der Waals surface area contributed by atoms with Crippen molar-refractivity contribution in [3.05, 3.63) is 107 Å². The van der Waals surface area contributed by atoms with Gasteiger partial charge in [0.2, 0.25) is 5.91 Å². The number of pyridine rings is 1. The average molecular weight is 447 g/mol. The van der Waals surface area contributed by atoms with Crippen molar-refractivity contribution in [1.29, 1.82) is 0 Å². The van der Waals surface area contributed by atoms with Crippen molar-refractivity contribution in [2.75, 3.05) is 4.90 Å². The summed E-state index contributed by atoms with van der Waals surface area (Å²) in [5.74, 6) is -1.44. The summed E-state index contributed by atoms with van der Waals surface area (Å²) in [5.41, 5.74) is 1.67. The van der Waals surface area contributed by atoms with Crippen LogP contribution in [0.3, 0.4) is 0 Å². The van der Waals surface area contributed by atoms with Gasteiger partial charge in [-0.1, -0.05) is 40.9 Å². The molecule has 2 aromatic heterocycles. The van der Waals surface area contributed by atoms with Gasteiger partial charge < -0.3 is 5.32 Å². The summed E-state index contributed by atoms with van der Waals surface area (Å²) in [6, 6.07) is 18.8. The number of hydrogen-bond acceptors (Lipinski definition) is 6. The maximum atomic E-state index is 13.6. The molecule has 0 saturated heterocycles. The lowest BCUT2D eigenvalue weighted by molar-refractivity contribution is -0.122. The van der Waals surface area contributed by atoms with E-state index in [-0.39, 0.29) is 12.2 Å². The second-order valence-electron chi connectivity index (χ2n) is 6.80. The Hall–Kier alpha value is -3.98. The Bertz CT molecular complexity index is 1170. The lowest BCUT2D eigenvalue weighted by Gasteiger charge is -2.30. The molecule has 2 aromatic carbocycles. The number of nitrogens with one attached hydrogen (secondary N) is 1.